The Labute approximate surface area is 101 Å². The first-order chi connectivity index (χ1) is 7.72. The highest BCUT2D eigenvalue weighted by atomic mass is 32.2. The lowest BCUT2D eigenvalue weighted by Crippen LogP contribution is -2.14. The summed E-state index contributed by atoms with van der Waals surface area (Å²) in [7, 11) is 1.39. The third-order valence-electron chi connectivity index (χ3n) is 2.03. The molecular weight excluding hydrogens is 244 g/mol. The van der Waals surface area contributed by atoms with E-state index in [1.807, 2.05) is 11.4 Å². The first kappa shape index (κ1) is 11.3. The minimum absolute atomic E-state index is 0.242. The van der Waals surface area contributed by atoms with Crippen LogP contribution in [0.5, 0.6) is 0 Å². The summed E-state index contributed by atoms with van der Waals surface area (Å²) in [6, 6.07) is 1.94. The molecule has 4 nitrogen and oxygen atoms in total. The Morgan fingerprint density at radius 2 is 2.38 bits per heavy atom. The summed E-state index contributed by atoms with van der Waals surface area (Å²) >= 11 is 2.97. The molecule has 16 heavy (non-hydrogen) atoms. The molecule has 0 fully saturated rings. The lowest BCUT2D eigenvalue weighted by Gasteiger charge is -2.07. The van der Waals surface area contributed by atoms with Crippen molar-refractivity contribution in [1.29, 1.82) is 0 Å². The smallest absolute Gasteiger partial charge is 0.318 e. The molecule has 0 saturated heterocycles. The molecule has 2 aromatic heterocycles. The molecule has 0 N–H and O–H groups in total. The number of esters is 1. The number of carbonyl (C=O) groups is 1. The monoisotopic (exact) mass is 254 g/mol. The number of thiophene rings is 1. The van der Waals surface area contributed by atoms with Gasteiger partial charge < -0.3 is 4.74 Å². The van der Waals surface area contributed by atoms with E-state index in [-0.39, 0.29) is 11.2 Å². The molecule has 84 valence electrons. The third-order valence-corrected chi connectivity index (χ3v) is 4.15. The summed E-state index contributed by atoms with van der Waals surface area (Å²) in [4.78, 5) is 19.6. The number of rotatable bonds is 3. The van der Waals surface area contributed by atoms with Gasteiger partial charge in [-0.25, -0.2) is 9.97 Å². The lowest BCUT2D eigenvalue weighted by atomic mass is 10.5. The second-order valence-electron chi connectivity index (χ2n) is 3.10. The molecule has 0 amide bonds. The number of nitrogens with zero attached hydrogens (tertiary/aromatic N) is 2. The topological polar surface area (TPSA) is 52.1 Å². The molecule has 6 heteroatoms. The first-order valence-electron chi connectivity index (χ1n) is 4.65. The molecule has 0 aliphatic rings. The molecule has 1 unspecified atom stereocenters. The molecule has 2 heterocycles. The van der Waals surface area contributed by atoms with E-state index in [0.29, 0.717) is 0 Å². The molecule has 0 spiro atoms. The zero-order valence-electron chi connectivity index (χ0n) is 8.84. The van der Waals surface area contributed by atoms with Crippen molar-refractivity contribution in [3.8, 4) is 0 Å². The molecular formula is C10H10N2O2S2. The molecule has 2 rings (SSSR count). The van der Waals surface area contributed by atoms with Crippen molar-refractivity contribution < 1.29 is 9.53 Å². The fourth-order valence-corrected chi connectivity index (χ4v) is 3.10. The van der Waals surface area contributed by atoms with Crippen molar-refractivity contribution >= 4 is 39.3 Å². The van der Waals surface area contributed by atoms with E-state index in [4.69, 9.17) is 0 Å². The average Bonchev–Trinajstić information content (AvgIpc) is 2.77. The summed E-state index contributed by atoms with van der Waals surface area (Å²) in [5, 5.41) is 2.54. The Balaban J connectivity index is 2.27. The van der Waals surface area contributed by atoms with Gasteiger partial charge in [0.15, 0.2) is 0 Å². The van der Waals surface area contributed by atoms with Gasteiger partial charge in [0.2, 0.25) is 0 Å². The fourth-order valence-electron chi connectivity index (χ4n) is 1.23. The van der Waals surface area contributed by atoms with Crippen LogP contribution in [0.4, 0.5) is 0 Å². The second-order valence-corrected chi connectivity index (χ2v) is 5.34. The van der Waals surface area contributed by atoms with E-state index in [1.54, 1.807) is 18.3 Å². The van der Waals surface area contributed by atoms with Gasteiger partial charge in [-0.05, 0) is 18.4 Å². The van der Waals surface area contributed by atoms with Crippen LogP contribution in [-0.4, -0.2) is 28.3 Å². The predicted octanol–water partition coefficient (Wildman–Crippen LogP) is 2.34. The number of methoxy groups -OCH3 is 1. The molecule has 1 atom stereocenters. The van der Waals surface area contributed by atoms with Crippen LogP contribution in [0.3, 0.4) is 0 Å². The van der Waals surface area contributed by atoms with Gasteiger partial charge in [0.1, 0.15) is 16.6 Å². The maximum Gasteiger partial charge on any atom is 0.318 e. The van der Waals surface area contributed by atoms with Crippen LogP contribution < -0.4 is 0 Å². The third kappa shape index (κ3) is 2.17. The molecule has 0 saturated carbocycles. The maximum atomic E-state index is 11.3. The van der Waals surface area contributed by atoms with Gasteiger partial charge >= 0.3 is 5.97 Å². The molecule has 0 aliphatic heterocycles. The normalized spacial score (nSPS) is 12.6. The van der Waals surface area contributed by atoms with Crippen molar-refractivity contribution in [2.45, 2.75) is 17.2 Å². The minimum Gasteiger partial charge on any atom is -0.468 e. The largest absolute Gasteiger partial charge is 0.468 e. The number of thioether (sulfide) groups is 1. The summed E-state index contributed by atoms with van der Waals surface area (Å²) in [6.45, 7) is 1.80. The van der Waals surface area contributed by atoms with Crippen LogP contribution in [-0.2, 0) is 9.53 Å². The van der Waals surface area contributed by atoms with Gasteiger partial charge in [0.25, 0.3) is 0 Å². The van der Waals surface area contributed by atoms with Crippen LogP contribution in [0, 0.1) is 0 Å². The van der Waals surface area contributed by atoms with Crippen LogP contribution in [0.1, 0.15) is 6.92 Å². The Kier molecular flexibility index (Phi) is 3.40. The number of fused-ring (bicyclic) bond motifs is 1. The summed E-state index contributed by atoms with van der Waals surface area (Å²) in [5.74, 6) is -0.242. The SMILES string of the molecule is COC(=O)C(C)Sc1ncnc2ccsc12. The standard InChI is InChI=1S/C10H10N2O2S2/c1-6(10(13)14-2)16-9-8-7(3-4-15-8)11-5-12-9/h3-6H,1-2H3. The molecule has 0 bridgehead atoms. The van der Waals surface area contributed by atoms with E-state index in [9.17, 15) is 4.79 Å². The van der Waals surface area contributed by atoms with E-state index in [0.717, 1.165) is 15.2 Å². The Bertz CT molecular complexity index is 512. The summed E-state index contributed by atoms with van der Waals surface area (Å²) in [6.07, 6.45) is 1.52. The molecule has 2 aromatic rings. The van der Waals surface area contributed by atoms with Gasteiger partial charge in [-0.15, -0.1) is 11.3 Å². The van der Waals surface area contributed by atoms with Crippen molar-refractivity contribution in [3.05, 3.63) is 17.8 Å². The molecule has 0 radical (unpaired) electrons. The van der Waals surface area contributed by atoms with E-state index in [2.05, 4.69) is 14.7 Å². The highest BCUT2D eigenvalue weighted by molar-refractivity contribution is 8.00. The number of aromatic nitrogens is 2. The Morgan fingerprint density at radius 3 is 3.12 bits per heavy atom. The zero-order valence-corrected chi connectivity index (χ0v) is 10.5. The van der Waals surface area contributed by atoms with Crippen LogP contribution in [0.15, 0.2) is 22.8 Å². The first-order valence-corrected chi connectivity index (χ1v) is 6.41. The average molecular weight is 254 g/mol. The predicted molar refractivity (Wildman–Crippen MR) is 64.8 cm³/mol. The maximum absolute atomic E-state index is 11.3. The minimum atomic E-state index is -0.259. The Morgan fingerprint density at radius 1 is 1.56 bits per heavy atom. The quantitative estimate of drug-likeness (QED) is 0.478. The van der Waals surface area contributed by atoms with Gasteiger partial charge in [-0.3, -0.25) is 4.79 Å². The molecule has 0 aliphatic carbocycles. The van der Waals surface area contributed by atoms with Gasteiger partial charge in [-0.2, -0.15) is 0 Å². The summed E-state index contributed by atoms with van der Waals surface area (Å²) < 4.78 is 5.69. The van der Waals surface area contributed by atoms with Crippen LogP contribution in [0.25, 0.3) is 10.2 Å². The van der Waals surface area contributed by atoms with E-state index < -0.39 is 0 Å². The van der Waals surface area contributed by atoms with Crippen LogP contribution in [0.2, 0.25) is 0 Å². The second kappa shape index (κ2) is 4.80. The molecule has 0 aromatic carbocycles. The highest BCUT2D eigenvalue weighted by Crippen LogP contribution is 2.31. The summed E-state index contributed by atoms with van der Waals surface area (Å²) in [5.41, 5.74) is 0.916. The van der Waals surface area contributed by atoms with Crippen LogP contribution >= 0.6 is 23.1 Å². The Hall–Kier alpha value is -1.14. The number of carbonyl (C=O) groups excluding carboxylic acids is 1. The van der Waals surface area contributed by atoms with Crippen molar-refractivity contribution in [3.63, 3.8) is 0 Å². The van der Waals surface area contributed by atoms with Crippen molar-refractivity contribution in [2.24, 2.45) is 0 Å². The number of hydrogen-bond donors (Lipinski definition) is 0. The van der Waals surface area contributed by atoms with Gasteiger partial charge in [0.05, 0.1) is 17.3 Å². The van der Waals surface area contributed by atoms with E-state index >= 15 is 0 Å². The van der Waals surface area contributed by atoms with Gasteiger partial charge in [0, 0.05) is 0 Å². The number of ether oxygens (including phenoxy) is 1. The van der Waals surface area contributed by atoms with Crippen molar-refractivity contribution in [1.82, 2.24) is 9.97 Å². The fraction of sp³-hybridized carbons (Fsp3) is 0.300. The lowest BCUT2D eigenvalue weighted by molar-refractivity contribution is -0.139. The van der Waals surface area contributed by atoms with E-state index in [1.165, 1.54) is 25.2 Å². The van der Waals surface area contributed by atoms with Crippen molar-refractivity contribution in [2.75, 3.05) is 7.11 Å². The van der Waals surface area contributed by atoms with Gasteiger partial charge in [-0.1, -0.05) is 11.8 Å². The zero-order chi connectivity index (χ0) is 11.5. The highest BCUT2D eigenvalue weighted by Gasteiger charge is 2.17. The number of hydrogen-bond acceptors (Lipinski definition) is 6.